The second-order valence-corrected chi connectivity index (χ2v) is 10.8. The lowest BCUT2D eigenvalue weighted by Gasteiger charge is -2.37. The first-order valence-corrected chi connectivity index (χ1v) is 14.3. The van der Waals surface area contributed by atoms with Crippen LogP contribution in [0.15, 0.2) is 158 Å². The van der Waals surface area contributed by atoms with Crippen LogP contribution in [-0.2, 0) is 12.0 Å². The van der Waals surface area contributed by atoms with Gasteiger partial charge < -0.3 is 4.74 Å². The summed E-state index contributed by atoms with van der Waals surface area (Å²) in [6.07, 6.45) is 0. The zero-order valence-electron chi connectivity index (χ0n) is 23.0. The van der Waals surface area contributed by atoms with Gasteiger partial charge in [-0.3, -0.25) is 4.57 Å². The Morgan fingerprint density at radius 3 is 1.76 bits per heavy atom. The first-order valence-electron chi connectivity index (χ1n) is 14.3. The van der Waals surface area contributed by atoms with Crippen LogP contribution in [0.3, 0.4) is 0 Å². The molecular weight excluding hydrogens is 512 g/mol. The average molecular weight is 541 g/mol. The van der Waals surface area contributed by atoms with E-state index in [-0.39, 0.29) is 0 Å². The highest BCUT2D eigenvalue weighted by atomic mass is 16.5. The van der Waals surface area contributed by atoms with Crippen molar-refractivity contribution >= 4 is 11.0 Å². The van der Waals surface area contributed by atoms with Crippen molar-refractivity contribution in [1.82, 2.24) is 9.55 Å². The molecule has 0 radical (unpaired) electrons. The summed E-state index contributed by atoms with van der Waals surface area (Å²) in [5.41, 5.74) is 11.0. The van der Waals surface area contributed by atoms with Gasteiger partial charge >= 0.3 is 6.01 Å². The van der Waals surface area contributed by atoms with Gasteiger partial charge in [0.1, 0.15) is 6.61 Å². The summed E-state index contributed by atoms with van der Waals surface area (Å²) in [6, 6.07) is 57.1. The van der Waals surface area contributed by atoms with Crippen LogP contribution in [0.4, 0.5) is 0 Å². The fourth-order valence-electron chi connectivity index (χ4n) is 6.57. The minimum Gasteiger partial charge on any atom is -0.459 e. The number of rotatable bonds is 5. The zero-order valence-corrected chi connectivity index (χ0v) is 23.0. The van der Waals surface area contributed by atoms with Gasteiger partial charge in [0.15, 0.2) is 0 Å². The molecule has 200 valence electrons. The van der Waals surface area contributed by atoms with Gasteiger partial charge in [0, 0.05) is 5.56 Å². The Kier molecular flexibility index (Phi) is 5.75. The van der Waals surface area contributed by atoms with E-state index in [2.05, 4.69) is 144 Å². The van der Waals surface area contributed by atoms with Crippen molar-refractivity contribution in [2.24, 2.45) is 0 Å². The third-order valence-electron chi connectivity index (χ3n) is 8.46. The van der Waals surface area contributed by atoms with Crippen molar-refractivity contribution in [2.45, 2.75) is 12.0 Å². The van der Waals surface area contributed by atoms with Crippen LogP contribution in [0.1, 0.15) is 27.8 Å². The molecule has 0 N–H and O–H groups in total. The number of nitrogens with zero attached hydrogens (tertiary/aromatic N) is 2. The number of benzene rings is 6. The van der Waals surface area contributed by atoms with Crippen LogP contribution in [0.5, 0.6) is 6.01 Å². The Hall–Kier alpha value is -5.41. The van der Waals surface area contributed by atoms with Crippen molar-refractivity contribution in [2.75, 3.05) is 0 Å². The summed E-state index contributed by atoms with van der Waals surface area (Å²) in [4.78, 5) is 4.70. The zero-order chi connectivity index (χ0) is 27.9. The standard InChI is InChI=1S/C39H28N2O/c1-4-14-31(15-5-1)39(32-16-6-2-7-17-32,33-18-8-3-9-19-33)34-20-12-13-28(26-34)29-23-24-36-30(25-29)27-42-38-40-35-21-10-11-22-37(35)41(36)38/h1-26H,27H2. The average Bonchev–Trinajstić information content (AvgIpc) is 3.46. The topological polar surface area (TPSA) is 27.1 Å². The molecule has 7 aromatic rings. The largest absolute Gasteiger partial charge is 0.459 e. The molecule has 2 heterocycles. The van der Waals surface area contributed by atoms with Gasteiger partial charge in [-0.15, -0.1) is 0 Å². The highest BCUT2D eigenvalue weighted by Crippen LogP contribution is 2.46. The molecule has 42 heavy (non-hydrogen) atoms. The van der Waals surface area contributed by atoms with E-state index in [1.165, 1.54) is 27.8 Å². The smallest absolute Gasteiger partial charge is 0.302 e. The lowest BCUT2D eigenvalue weighted by molar-refractivity contribution is 0.266. The number of aromatic nitrogens is 2. The van der Waals surface area contributed by atoms with Gasteiger partial charge in [-0.1, -0.05) is 127 Å². The Morgan fingerprint density at radius 2 is 1.10 bits per heavy atom. The Balaban J connectivity index is 1.31. The molecule has 1 aliphatic rings. The molecule has 0 aliphatic carbocycles. The number of hydrogen-bond donors (Lipinski definition) is 0. The number of imidazole rings is 1. The van der Waals surface area contributed by atoms with Gasteiger partial charge in [0.05, 0.1) is 22.1 Å². The first-order chi connectivity index (χ1) is 20.8. The van der Waals surface area contributed by atoms with Gasteiger partial charge in [-0.25, -0.2) is 0 Å². The van der Waals surface area contributed by atoms with Crippen molar-refractivity contribution < 1.29 is 4.74 Å². The summed E-state index contributed by atoms with van der Waals surface area (Å²) in [7, 11) is 0. The second kappa shape index (κ2) is 9.90. The molecule has 0 unspecified atom stereocenters. The van der Waals surface area contributed by atoms with Crippen LogP contribution in [0.25, 0.3) is 27.8 Å². The Labute approximate surface area is 245 Å². The maximum atomic E-state index is 6.13. The lowest BCUT2D eigenvalue weighted by atomic mass is 9.65. The van der Waals surface area contributed by atoms with Crippen molar-refractivity contribution in [1.29, 1.82) is 0 Å². The molecule has 0 bridgehead atoms. The van der Waals surface area contributed by atoms with Crippen molar-refractivity contribution in [3.63, 3.8) is 0 Å². The van der Waals surface area contributed by atoms with E-state index in [1.807, 2.05) is 18.2 Å². The highest BCUT2D eigenvalue weighted by molar-refractivity contribution is 5.80. The van der Waals surface area contributed by atoms with Gasteiger partial charge in [0.25, 0.3) is 0 Å². The number of hydrogen-bond acceptors (Lipinski definition) is 2. The number of para-hydroxylation sites is 2. The minimum absolute atomic E-state index is 0.484. The maximum absolute atomic E-state index is 6.13. The summed E-state index contributed by atoms with van der Waals surface area (Å²) in [5.74, 6) is 0. The van der Waals surface area contributed by atoms with E-state index >= 15 is 0 Å². The second-order valence-electron chi connectivity index (χ2n) is 10.8. The normalized spacial score (nSPS) is 12.4. The van der Waals surface area contributed by atoms with Crippen LogP contribution in [-0.4, -0.2) is 9.55 Å². The van der Waals surface area contributed by atoms with E-state index < -0.39 is 5.41 Å². The summed E-state index contributed by atoms with van der Waals surface area (Å²) in [6.45, 7) is 0.494. The first kappa shape index (κ1) is 24.4. The molecular formula is C39H28N2O. The van der Waals surface area contributed by atoms with E-state index in [9.17, 15) is 0 Å². The van der Waals surface area contributed by atoms with Gasteiger partial charge in [-0.2, -0.15) is 4.98 Å². The minimum atomic E-state index is -0.484. The van der Waals surface area contributed by atoms with Gasteiger partial charge in [0.2, 0.25) is 0 Å². The van der Waals surface area contributed by atoms with E-state index in [4.69, 9.17) is 9.72 Å². The Morgan fingerprint density at radius 1 is 0.524 bits per heavy atom. The summed E-state index contributed by atoms with van der Waals surface area (Å²) >= 11 is 0. The van der Waals surface area contributed by atoms with E-state index in [0.29, 0.717) is 12.6 Å². The predicted octanol–water partition coefficient (Wildman–Crippen LogP) is 8.97. The highest BCUT2D eigenvalue weighted by Gasteiger charge is 2.38. The maximum Gasteiger partial charge on any atom is 0.302 e. The SMILES string of the molecule is c1ccc(C(c2ccccc2)(c2ccccc2)c2cccc(-c3ccc4c(c3)COc3nc5ccccc5n3-4)c2)cc1. The monoisotopic (exact) mass is 540 g/mol. The van der Waals surface area contributed by atoms with Crippen LogP contribution in [0.2, 0.25) is 0 Å². The number of fused-ring (bicyclic) bond motifs is 5. The summed E-state index contributed by atoms with van der Waals surface area (Å²) < 4.78 is 8.25. The van der Waals surface area contributed by atoms with Gasteiger partial charge in [-0.05, 0) is 63.7 Å². The Bertz CT molecular complexity index is 1930. The molecule has 3 heteroatoms. The predicted molar refractivity (Wildman–Crippen MR) is 169 cm³/mol. The molecule has 0 atom stereocenters. The molecule has 6 aromatic carbocycles. The fourth-order valence-corrected chi connectivity index (χ4v) is 6.57. The molecule has 3 nitrogen and oxygen atoms in total. The molecule has 1 aliphatic heterocycles. The molecule has 0 saturated heterocycles. The van der Waals surface area contributed by atoms with Crippen molar-refractivity contribution in [3.05, 3.63) is 186 Å². The summed E-state index contributed by atoms with van der Waals surface area (Å²) in [5, 5.41) is 0. The van der Waals surface area contributed by atoms with Crippen LogP contribution < -0.4 is 4.74 Å². The van der Waals surface area contributed by atoms with E-state index in [1.54, 1.807) is 0 Å². The molecule has 8 rings (SSSR count). The quantitative estimate of drug-likeness (QED) is 0.204. The van der Waals surface area contributed by atoms with E-state index in [0.717, 1.165) is 27.8 Å². The molecule has 0 spiro atoms. The third kappa shape index (κ3) is 3.78. The third-order valence-corrected chi connectivity index (χ3v) is 8.46. The molecule has 0 saturated carbocycles. The number of ether oxygens (including phenoxy) is 1. The molecule has 1 aromatic heterocycles. The molecule has 0 amide bonds. The van der Waals surface area contributed by atoms with Crippen LogP contribution >= 0.6 is 0 Å². The lowest BCUT2D eigenvalue weighted by Crippen LogP contribution is -2.31. The van der Waals surface area contributed by atoms with Crippen LogP contribution in [0, 0.1) is 0 Å². The van der Waals surface area contributed by atoms with Crippen molar-refractivity contribution in [3.8, 4) is 22.8 Å². The molecule has 0 fully saturated rings. The fraction of sp³-hybridized carbons (Fsp3) is 0.0513.